The molecule has 1 heterocycles. The SMILES string of the molecule is Bc1cccc(C2(CCC3CCCCC3)NC(=N)C=C(C)CC2=O)c1. The molecule has 25 heavy (non-hydrogen) atoms. The van der Waals surface area contributed by atoms with Gasteiger partial charge in [0.1, 0.15) is 19.2 Å². The van der Waals surface area contributed by atoms with Crippen molar-refractivity contribution in [2.24, 2.45) is 5.92 Å². The third kappa shape index (κ3) is 4.05. The molecule has 1 atom stereocenters. The van der Waals surface area contributed by atoms with E-state index < -0.39 is 5.54 Å². The number of nitrogens with one attached hydrogen (secondary N) is 2. The number of benzene rings is 1. The van der Waals surface area contributed by atoms with Gasteiger partial charge in [-0.1, -0.05) is 67.4 Å². The highest BCUT2D eigenvalue weighted by molar-refractivity contribution is 6.32. The van der Waals surface area contributed by atoms with Gasteiger partial charge in [0.05, 0.1) is 0 Å². The molecule has 0 bridgehead atoms. The van der Waals surface area contributed by atoms with Gasteiger partial charge in [0.2, 0.25) is 0 Å². The maximum atomic E-state index is 13.3. The first-order chi connectivity index (χ1) is 12.0. The first kappa shape index (κ1) is 18.0. The van der Waals surface area contributed by atoms with Crippen molar-refractivity contribution in [2.75, 3.05) is 0 Å². The van der Waals surface area contributed by atoms with Crippen molar-refractivity contribution in [1.82, 2.24) is 5.32 Å². The highest BCUT2D eigenvalue weighted by Crippen LogP contribution is 2.36. The molecule has 0 radical (unpaired) electrons. The van der Waals surface area contributed by atoms with Crippen molar-refractivity contribution in [1.29, 1.82) is 5.41 Å². The van der Waals surface area contributed by atoms with E-state index in [0.717, 1.165) is 35.4 Å². The average molecular weight is 336 g/mol. The van der Waals surface area contributed by atoms with Gasteiger partial charge in [0.25, 0.3) is 0 Å². The molecule has 1 fully saturated rings. The molecule has 1 aliphatic carbocycles. The topological polar surface area (TPSA) is 53.0 Å². The molecule has 2 aliphatic rings. The minimum Gasteiger partial charge on any atom is -0.354 e. The second-order valence-electron chi connectivity index (χ2n) is 7.95. The third-order valence-corrected chi connectivity index (χ3v) is 5.82. The maximum Gasteiger partial charge on any atom is 0.166 e. The molecule has 132 valence electrons. The van der Waals surface area contributed by atoms with E-state index in [1.807, 2.05) is 19.1 Å². The van der Waals surface area contributed by atoms with Gasteiger partial charge >= 0.3 is 0 Å². The van der Waals surface area contributed by atoms with Gasteiger partial charge in [0.15, 0.2) is 5.78 Å². The molecular formula is C21H29BN2O. The van der Waals surface area contributed by atoms with E-state index in [2.05, 4.69) is 25.3 Å². The lowest BCUT2D eigenvalue weighted by Crippen LogP contribution is -2.51. The van der Waals surface area contributed by atoms with E-state index in [-0.39, 0.29) is 5.78 Å². The van der Waals surface area contributed by atoms with Crippen LogP contribution in [0.25, 0.3) is 0 Å². The zero-order chi connectivity index (χ0) is 17.9. The van der Waals surface area contributed by atoms with Gasteiger partial charge in [-0.25, -0.2) is 0 Å². The molecule has 1 unspecified atom stereocenters. The van der Waals surface area contributed by atoms with E-state index in [9.17, 15) is 4.79 Å². The number of carbonyl (C=O) groups excluding carboxylic acids is 1. The van der Waals surface area contributed by atoms with Crippen LogP contribution >= 0.6 is 0 Å². The Morgan fingerprint density at radius 1 is 1.28 bits per heavy atom. The lowest BCUT2D eigenvalue weighted by molar-refractivity contribution is -0.125. The van der Waals surface area contributed by atoms with E-state index >= 15 is 0 Å². The third-order valence-electron chi connectivity index (χ3n) is 5.82. The first-order valence-corrected chi connectivity index (χ1v) is 9.64. The molecule has 4 heteroatoms. The van der Waals surface area contributed by atoms with Crippen LogP contribution in [0.2, 0.25) is 0 Å². The molecule has 3 rings (SSSR count). The van der Waals surface area contributed by atoms with E-state index in [1.54, 1.807) is 6.08 Å². The van der Waals surface area contributed by atoms with E-state index in [1.165, 1.54) is 32.1 Å². The summed E-state index contributed by atoms with van der Waals surface area (Å²) in [6.07, 6.45) is 10.6. The summed E-state index contributed by atoms with van der Waals surface area (Å²) in [7, 11) is 2.06. The summed E-state index contributed by atoms with van der Waals surface area (Å²) in [5.74, 6) is 1.27. The van der Waals surface area contributed by atoms with Crippen molar-refractivity contribution < 1.29 is 4.79 Å². The van der Waals surface area contributed by atoms with Gasteiger partial charge in [0, 0.05) is 6.42 Å². The fourth-order valence-corrected chi connectivity index (χ4v) is 4.42. The molecule has 0 amide bonds. The summed E-state index contributed by atoms with van der Waals surface area (Å²) in [6, 6.07) is 8.25. The number of carbonyl (C=O) groups is 1. The highest BCUT2D eigenvalue weighted by Gasteiger charge is 2.41. The van der Waals surface area contributed by atoms with Crippen LogP contribution in [0.5, 0.6) is 0 Å². The number of ketones is 1. The highest BCUT2D eigenvalue weighted by atomic mass is 16.1. The summed E-state index contributed by atoms with van der Waals surface area (Å²) < 4.78 is 0. The number of rotatable bonds is 4. The van der Waals surface area contributed by atoms with Crippen molar-refractivity contribution in [2.45, 2.75) is 63.8 Å². The molecule has 1 aromatic carbocycles. The average Bonchev–Trinajstić information content (AvgIpc) is 2.69. The largest absolute Gasteiger partial charge is 0.354 e. The quantitative estimate of drug-likeness (QED) is 0.831. The van der Waals surface area contributed by atoms with Gasteiger partial charge in [-0.15, -0.1) is 0 Å². The van der Waals surface area contributed by atoms with Crippen LogP contribution in [0.4, 0.5) is 0 Å². The number of hydrogen-bond acceptors (Lipinski definition) is 2. The number of Topliss-reactive ketones (excluding diaryl/α,β-unsaturated/α-hetero) is 1. The summed E-state index contributed by atoms with van der Waals surface area (Å²) in [5.41, 5.74) is 2.38. The smallest absolute Gasteiger partial charge is 0.166 e. The Hall–Kier alpha value is -1.84. The summed E-state index contributed by atoms with van der Waals surface area (Å²) in [5, 5.41) is 11.6. The second kappa shape index (κ2) is 7.59. The Morgan fingerprint density at radius 3 is 2.76 bits per heavy atom. The van der Waals surface area contributed by atoms with Crippen LogP contribution in [0.15, 0.2) is 35.9 Å². The Morgan fingerprint density at radius 2 is 2.04 bits per heavy atom. The van der Waals surface area contributed by atoms with Crippen LogP contribution in [-0.4, -0.2) is 19.5 Å². The van der Waals surface area contributed by atoms with Crippen molar-refractivity contribution in [3.05, 3.63) is 41.5 Å². The Balaban J connectivity index is 1.92. The molecule has 1 saturated carbocycles. The van der Waals surface area contributed by atoms with Crippen LogP contribution in [0, 0.1) is 11.3 Å². The normalized spacial score (nSPS) is 25.2. The summed E-state index contributed by atoms with van der Waals surface area (Å²) >= 11 is 0. The van der Waals surface area contributed by atoms with Gasteiger partial charge in [-0.3, -0.25) is 10.2 Å². The van der Waals surface area contributed by atoms with Crippen molar-refractivity contribution in [3.8, 4) is 0 Å². The van der Waals surface area contributed by atoms with Gasteiger partial charge in [-0.05, 0) is 37.3 Å². The molecule has 0 aromatic heterocycles. The first-order valence-electron chi connectivity index (χ1n) is 9.64. The van der Waals surface area contributed by atoms with Gasteiger partial charge < -0.3 is 5.32 Å². The van der Waals surface area contributed by atoms with Crippen molar-refractivity contribution >= 4 is 24.9 Å². The minimum absolute atomic E-state index is 0.199. The van der Waals surface area contributed by atoms with Crippen LogP contribution in [-0.2, 0) is 10.3 Å². The fourth-order valence-electron chi connectivity index (χ4n) is 4.42. The molecule has 1 aromatic rings. The van der Waals surface area contributed by atoms with Crippen LogP contribution in [0.1, 0.15) is 63.9 Å². The zero-order valence-electron chi connectivity index (χ0n) is 15.5. The standard InChI is InChI=1S/C21H29BN2O/c1-15-12-19(25)21(24-20(23)13-15,17-8-5-9-18(22)14-17)11-10-16-6-3-2-4-7-16/h5,8-9,13-14,16H,2-4,6-7,10-12,22H2,1H3,(H2,23,24). The molecule has 2 N–H and O–H groups in total. The van der Waals surface area contributed by atoms with Crippen LogP contribution < -0.4 is 10.8 Å². The number of allylic oxidation sites excluding steroid dienone is 1. The molecule has 3 nitrogen and oxygen atoms in total. The Bertz CT molecular complexity index is 691. The maximum absolute atomic E-state index is 13.3. The minimum atomic E-state index is -0.755. The zero-order valence-corrected chi connectivity index (χ0v) is 15.5. The fraction of sp³-hybridized carbons (Fsp3) is 0.524. The lowest BCUT2D eigenvalue weighted by atomic mass is 9.75. The van der Waals surface area contributed by atoms with E-state index in [0.29, 0.717) is 12.3 Å². The van der Waals surface area contributed by atoms with E-state index in [4.69, 9.17) is 5.41 Å². The monoisotopic (exact) mass is 336 g/mol. The molecule has 0 spiro atoms. The predicted octanol–water partition coefficient (Wildman–Crippen LogP) is 2.99. The van der Waals surface area contributed by atoms with Gasteiger partial charge in [-0.2, -0.15) is 0 Å². The predicted molar refractivity (Wildman–Crippen MR) is 106 cm³/mol. The summed E-state index contributed by atoms with van der Waals surface area (Å²) in [6.45, 7) is 1.95. The molecular weight excluding hydrogens is 307 g/mol. The van der Waals surface area contributed by atoms with Crippen molar-refractivity contribution in [3.63, 3.8) is 0 Å². The Labute approximate surface area is 152 Å². The lowest BCUT2D eigenvalue weighted by Gasteiger charge is -2.35. The summed E-state index contributed by atoms with van der Waals surface area (Å²) in [4.78, 5) is 13.3. The number of hydrogen-bond donors (Lipinski definition) is 2. The molecule has 1 aliphatic heterocycles. The second-order valence-corrected chi connectivity index (χ2v) is 7.95. The Kier molecular flexibility index (Phi) is 5.46. The van der Waals surface area contributed by atoms with Crippen LogP contribution in [0.3, 0.4) is 0 Å². The molecule has 0 saturated heterocycles. The number of amidine groups is 1.